The third-order valence-corrected chi connectivity index (χ3v) is 8.17. The number of fused-ring (bicyclic) bond motifs is 3. The molecule has 0 aliphatic heterocycles. The lowest BCUT2D eigenvalue weighted by Crippen LogP contribution is -1.96. The average molecular weight is 501 g/mol. The van der Waals surface area contributed by atoms with Gasteiger partial charge in [0.25, 0.3) is 0 Å². The molecule has 3 aromatic carbocycles. The number of hydrogen-bond donors (Lipinski definition) is 0. The summed E-state index contributed by atoms with van der Waals surface area (Å²) in [7, 11) is 1.79. The summed E-state index contributed by atoms with van der Waals surface area (Å²) < 4.78 is 2.72. The van der Waals surface area contributed by atoms with E-state index >= 15 is 0 Å². The van der Waals surface area contributed by atoms with Crippen LogP contribution in [0.3, 0.4) is 0 Å². The van der Waals surface area contributed by atoms with E-state index in [9.17, 15) is 0 Å². The minimum absolute atomic E-state index is 1.04. The number of pyridine rings is 1. The molecule has 2 heterocycles. The molecule has 0 bridgehead atoms. The van der Waals surface area contributed by atoms with E-state index in [0.717, 1.165) is 25.0 Å². The van der Waals surface area contributed by atoms with Crippen LogP contribution in [-0.4, -0.2) is 18.2 Å². The summed E-state index contributed by atoms with van der Waals surface area (Å²) in [5.74, 6) is 0. The highest BCUT2D eigenvalue weighted by Crippen LogP contribution is 2.39. The van der Waals surface area contributed by atoms with E-state index in [0.29, 0.717) is 0 Å². The largest absolute Gasteiger partial charge is 0.297 e. The molecule has 0 aliphatic rings. The molecule has 0 aliphatic carbocycles. The first-order chi connectivity index (χ1) is 18.2. The van der Waals surface area contributed by atoms with Gasteiger partial charge >= 0.3 is 0 Å². The van der Waals surface area contributed by atoms with E-state index in [1.54, 1.807) is 7.05 Å². The van der Waals surface area contributed by atoms with Crippen molar-refractivity contribution in [3.8, 4) is 11.3 Å². The van der Waals surface area contributed by atoms with Crippen molar-refractivity contribution in [2.75, 3.05) is 7.05 Å². The van der Waals surface area contributed by atoms with Crippen LogP contribution < -0.4 is 0 Å². The number of thiophene rings is 1. The first kappa shape index (κ1) is 24.9. The van der Waals surface area contributed by atoms with Gasteiger partial charge in [-0.25, -0.2) is 0 Å². The molecule has 5 rings (SSSR count). The van der Waals surface area contributed by atoms with Crippen molar-refractivity contribution in [2.45, 2.75) is 33.1 Å². The first-order valence-electron chi connectivity index (χ1n) is 12.9. The first-order valence-corrected chi connectivity index (χ1v) is 13.7. The van der Waals surface area contributed by atoms with Crippen molar-refractivity contribution >= 4 is 43.3 Å². The fraction of sp³-hybridized carbons (Fsp3) is 0.176. The molecule has 0 saturated carbocycles. The van der Waals surface area contributed by atoms with Gasteiger partial charge < -0.3 is 0 Å². The maximum Gasteiger partial charge on any atom is 0.0704 e. The van der Waals surface area contributed by atoms with Crippen LogP contribution in [0.1, 0.15) is 35.6 Å². The Morgan fingerprint density at radius 3 is 2.62 bits per heavy atom. The smallest absolute Gasteiger partial charge is 0.0704 e. The summed E-state index contributed by atoms with van der Waals surface area (Å²) in [5.41, 5.74) is 9.03. The van der Waals surface area contributed by atoms with Gasteiger partial charge in [-0.2, -0.15) is 0 Å². The van der Waals surface area contributed by atoms with E-state index in [1.165, 1.54) is 53.6 Å². The standard InChI is InChI=1S/C34H32N2S/c1-24(12-6-8-20-35-3)30-22-26(23-31-29-16-4-5-19-33(29)37-34(30)31)13-10-14-27-15-11-17-28(25(27)2)32-18-7-9-21-36-32/h4-9,11-12,15-23H,10,13-14H2,1-3H3/b8-6-,24-12+,35-20+. The van der Waals surface area contributed by atoms with Crippen molar-refractivity contribution in [3.05, 3.63) is 119 Å². The predicted molar refractivity (Wildman–Crippen MR) is 163 cm³/mol. The normalized spacial score (nSPS) is 12.5. The highest BCUT2D eigenvalue weighted by Gasteiger charge is 2.13. The Balaban J connectivity index is 1.44. The fourth-order valence-electron chi connectivity index (χ4n) is 4.99. The molecular formula is C34H32N2S. The molecule has 184 valence electrons. The highest BCUT2D eigenvalue weighted by molar-refractivity contribution is 7.26. The quantitative estimate of drug-likeness (QED) is 0.154. The summed E-state index contributed by atoms with van der Waals surface area (Å²) in [6.45, 7) is 4.44. The zero-order valence-corrected chi connectivity index (χ0v) is 22.6. The number of aromatic nitrogens is 1. The van der Waals surface area contributed by atoms with Crippen LogP contribution in [0.4, 0.5) is 0 Å². The molecule has 37 heavy (non-hydrogen) atoms. The lowest BCUT2D eigenvalue weighted by Gasteiger charge is -2.12. The zero-order chi connectivity index (χ0) is 25.6. The van der Waals surface area contributed by atoms with Crippen LogP contribution in [0.2, 0.25) is 0 Å². The number of allylic oxidation sites excluding steroid dienone is 4. The second kappa shape index (κ2) is 11.5. The van der Waals surface area contributed by atoms with Gasteiger partial charge in [0, 0.05) is 45.2 Å². The maximum absolute atomic E-state index is 4.57. The van der Waals surface area contributed by atoms with Gasteiger partial charge in [0.15, 0.2) is 0 Å². The predicted octanol–water partition coefficient (Wildman–Crippen LogP) is 9.26. The SMILES string of the molecule is C/N=C/C=C\C=C(/C)c1cc(CCCc2cccc(-c3ccccn3)c2C)cc2c1sc1ccccc12. The Hall–Kier alpha value is -3.82. The van der Waals surface area contributed by atoms with E-state index in [2.05, 4.69) is 103 Å². The average Bonchev–Trinajstić information content (AvgIpc) is 3.31. The Labute approximate surface area is 223 Å². The molecule has 0 saturated heterocycles. The van der Waals surface area contributed by atoms with Crippen LogP contribution in [0, 0.1) is 6.92 Å². The summed E-state index contributed by atoms with van der Waals surface area (Å²) in [4.78, 5) is 8.61. The molecule has 3 heteroatoms. The third-order valence-electron chi connectivity index (χ3n) is 6.95. The van der Waals surface area contributed by atoms with Gasteiger partial charge in [-0.15, -0.1) is 11.3 Å². The van der Waals surface area contributed by atoms with Gasteiger partial charge in [-0.3, -0.25) is 9.98 Å². The number of aryl methyl sites for hydroxylation is 2. The number of benzene rings is 3. The van der Waals surface area contributed by atoms with Gasteiger partial charge in [0.1, 0.15) is 0 Å². The molecule has 2 nitrogen and oxygen atoms in total. The number of hydrogen-bond acceptors (Lipinski definition) is 3. The molecular weight excluding hydrogens is 468 g/mol. The second-order valence-corrected chi connectivity index (χ2v) is 10.5. The zero-order valence-electron chi connectivity index (χ0n) is 21.7. The second-order valence-electron chi connectivity index (χ2n) is 9.42. The fourth-order valence-corrected chi connectivity index (χ4v) is 6.25. The summed E-state index contributed by atoms with van der Waals surface area (Å²) in [6.07, 6.45) is 13.1. The van der Waals surface area contributed by atoms with Gasteiger partial charge in [-0.1, -0.05) is 60.7 Å². The van der Waals surface area contributed by atoms with Crippen molar-refractivity contribution in [1.82, 2.24) is 4.98 Å². The molecule has 5 aromatic rings. The van der Waals surface area contributed by atoms with E-state index < -0.39 is 0 Å². The van der Waals surface area contributed by atoms with Gasteiger partial charge in [0.05, 0.1) is 5.69 Å². The Bertz CT molecular complexity index is 1620. The number of aliphatic imine (C=N–C) groups is 1. The molecule has 0 N–H and O–H groups in total. The lowest BCUT2D eigenvalue weighted by atomic mass is 9.94. The topological polar surface area (TPSA) is 25.2 Å². The Morgan fingerprint density at radius 2 is 1.78 bits per heavy atom. The molecule has 0 spiro atoms. The molecule has 0 atom stereocenters. The van der Waals surface area contributed by atoms with Crippen LogP contribution in [0.15, 0.2) is 102 Å². The lowest BCUT2D eigenvalue weighted by molar-refractivity contribution is 0.817. The molecule has 0 unspecified atom stereocenters. The van der Waals surface area contributed by atoms with E-state index in [4.69, 9.17) is 0 Å². The molecule has 0 radical (unpaired) electrons. The third kappa shape index (κ3) is 5.47. The van der Waals surface area contributed by atoms with Crippen molar-refractivity contribution in [3.63, 3.8) is 0 Å². The van der Waals surface area contributed by atoms with Crippen LogP contribution in [0.5, 0.6) is 0 Å². The summed E-state index contributed by atoms with van der Waals surface area (Å²) in [5, 5.41) is 2.72. The van der Waals surface area contributed by atoms with Crippen LogP contribution in [0.25, 0.3) is 37.0 Å². The van der Waals surface area contributed by atoms with Crippen LogP contribution in [-0.2, 0) is 12.8 Å². The van der Waals surface area contributed by atoms with Gasteiger partial charge in [0.2, 0.25) is 0 Å². The Morgan fingerprint density at radius 1 is 0.919 bits per heavy atom. The number of rotatable bonds is 8. The monoisotopic (exact) mass is 500 g/mol. The molecule has 0 amide bonds. The Kier molecular flexibility index (Phi) is 7.72. The summed E-state index contributed by atoms with van der Waals surface area (Å²) >= 11 is 1.89. The van der Waals surface area contributed by atoms with E-state index in [-0.39, 0.29) is 0 Å². The highest BCUT2D eigenvalue weighted by atomic mass is 32.1. The van der Waals surface area contributed by atoms with Crippen molar-refractivity contribution in [2.24, 2.45) is 4.99 Å². The van der Waals surface area contributed by atoms with Crippen molar-refractivity contribution < 1.29 is 0 Å². The minimum atomic E-state index is 1.04. The molecule has 0 fully saturated rings. The van der Waals surface area contributed by atoms with E-state index in [1.807, 2.05) is 35.9 Å². The number of nitrogens with zero attached hydrogens (tertiary/aromatic N) is 2. The van der Waals surface area contributed by atoms with Crippen LogP contribution >= 0.6 is 11.3 Å². The van der Waals surface area contributed by atoms with Crippen molar-refractivity contribution in [1.29, 1.82) is 0 Å². The maximum atomic E-state index is 4.57. The molecule has 2 aromatic heterocycles. The minimum Gasteiger partial charge on any atom is -0.297 e. The van der Waals surface area contributed by atoms with Gasteiger partial charge in [-0.05, 0) is 91.3 Å². The summed E-state index contributed by atoms with van der Waals surface area (Å²) in [6, 6.07) is 26.3.